The van der Waals surface area contributed by atoms with Crippen molar-refractivity contribution in [1.29, 1.82) is 0 Å². The predicted octanol–water partition coefficient (Wildman–Crippen LogP) is 2.60. The lowest BCUT2D eigenvalue weighted by Gasteiger charge is -1.95. The molecule has 0 aliphatic carbocycles. The highest BCUT2D eigenvalue weighted by Gasteiger charge is 2.22. The molecule has 2 heterocycles. The van der Waals surface area contributed by atoms with Crippen LogP contribution < -0.4 is 0 Å². The van der Waals surface area contributed by atoms with E-state index >= 15 is 0 Å². The third kappa shape index (κ3) is 13.9. The Kier molecular flexibility index (Phi) is 13.2. The van der Waals surface area contributed by atoms with E-state index in [1.54, 1.807) is 0 Å². The van der Waals surface area contributed by atoms with Crippen LogP contribution in [0.2, 0.25) is 0 Å². The summed E-state index contributed by atoms with van der Waals surface area (Å²) in [4.78, 5) is 0. The molecule has 0 bridgehead atoms. The Morgan fingerprint density at radius 2 is 1.89 bits per heavy atom. The van der Waals surface area contributed by atoms with Crippen molar-refractivity contribution in [2.45, 2.75) is 32.2 Å². The van der Waals surface area contributed by atoms with Crippen LogP contribution in [-0.2, 0) is 18.9 Å². The molecule has 0 saturated carbocycles. The van der Waals surface area contributed by atoms with Gasteiger partial charge < -0.3 is 18.9 Å². The molecule has 0 aromatic rings. The smallest absolute Gasteiger partial charge is 0.181 e. The third-order valence-corrected chi connectivity index (χ3v) is 2.21. The van der Waals surface area contributed by atoms with Gasteiger partial charge in [0.1, 0.15) is 12.7 Å². The molecule has 0 N–H and O–H groups in total. The van der Waals surface area contributed by atoms with E-state index in [-0.39, 0.29) is 6.29 Å². The maximum absolute atomic E-state index is 5.38. The molecule has 2 rings (SSSR count). The molecule has 108 valence electrons. The van der Waals surface area contributed by atoms with Crippen LogP contribution in [0.5, 0.6) is 0 Å². The van der Waals surface area contributed by atoms with Crippen LogP contribution in [0.25, 0.3) is 0 Å². The first-order valence-corrected chi connectivity index (χ1v) is 6.88. The Hall–Kier alpha value is -0.130. The lowest BCUT2D eigenvalue weighted by molar-refractivity contribution is 0.0511. The van der Waals surface area contributed by atoms with Crippen LogP contribution in [0.3, 0.4) is 0 Å². The number of halogens is 1. The molecule has 0 radical (unpaired) electrons. The van der Waals surface area contributed by atoms with Gasteiger partial charge >= 0.3 is 0 Å². The van der Waals surface area contributed by atoms with Crippen molar-refractivity contribution < 1.29 is 18.9 Å². The van der Waals surface area contributed by atoms with Crippen molar-refractivity contribution >= 4 is 11.6 Å². The molecule has 2 atom stereocenters. The molecule has 5 heteroatoms. The zero-order valence-corrected chi connectivity index (χ0v) is 12.0. The Morgan fingerprint density at radius 1 is 1.22 bits per heavy atom. The summed E-state index contributed by atoms with van der Waals surface area (Å²) in [5, 5.41) is 0. The minimum absolute atomic E-state index is 0.0956. The third-order valence-electron chi connectivity index (χ3n) is 1.94. The van der Waals surface area contributed by atoms with Gasteiger partial charge in [-0.05, 0) is 12.8 Å². The van der Waals surface area contributed by atoms with Crippen molar-refractivity contribution in [3.05, 3.63) is 13.2 Å². The fourth-order valence-corrected chi connectivity index (χ4v) is 1.04. The van der Waals surface area contributed by atoms with Crippen LogP contribution in [0.1, 0.15) is 19.8 Å². The monoisotopic (exact) mass is 280 g/mol. The van der Waals surface area contributed by atoms with Crippen molar-refractivity contribution in [3.63, 3.8) is 0 Å². The molecule has 2 fully saturated rings. The Labute approximate surface area is 115 Å². The van der Waals surface area contributed by atoms with Crippen molar-refractivity contribution in [1.82, 2.24) is 0 Å². The summed E-state index contributed by atoms with van der Waals surface area (Å²) in [5.74, 6) is 0.673. The molecule has 0 spiro atoms. The maximum Gasteiger partial charge on any atom is 0.181 e. The summed E-state index contributed by atoms with van der Waals surface area (Å²) in [5.41, 5.74) is 0. The highest BCUT2D eigenvalue weighted by Crippen LogP contribution is 2.10. The first-order valence-electron chi connectivity index (χ1n) is 6.35. The largest absolute Gasteiger partial charge is 0.379 e. The van der Waals surface area contributed by atoms with Gasteiger partial charge in [-0.15, -0.1) is 24.8 Å². The quantitative estimate of drug-likeness (QED) is 0.297. The topological polar surface area (TPSA) is 43.5 Å². The van der Waals surface area contributed by atoms with Gasteiger partial charge in [-0.1, -0.05) is 6.92 Å². The Bertz CT molecular complexity index is 154. The normalized spacial score (nSPS) is 23.2. The molecule has 0 amide bonds. The van der Waals surface area contributed by atoms with Gasteiger partial charge in [-0.25, -0.2) is 0 Å². The van der Waals surface area contributed by atoms with E-state index in [0.717, 1.165) is 45.9 Å². The van der Waals surface area contributed by atoms with Crippen molar-refractivity contribution in [3.8, 4) is 0 Å². The fourth-order valence-electron chi connectivity index (χ4n) is 0.928. The fraction of sp³-hybridized carbons (Fsp3) is 0.846. The van der Waals surface area contributed by atoms with Gasteiger partial charge in [0, 0.05) is 12.5 Å². The second-order valence-corrected chi connectivity index (χ2v) is 4.08. The summed E-state index contributed by atoms with van der Waals surface area (Å²) in [6.07, 6.45) is 2.55. The van der Waals surface area contributed by atoms with Gasteiger partial charge in [-0.3, -0.25) is 0 Å². The van der Waals surface area contributed by atoms with Gasteiger partial charge in [0.15, 0.2) is 6.29 Å². The minimum Gasteiger partial charge on any atom is -0.379 e. The molecule has 2 aliphatic rings. The van der Waals surface area contributed by atoms with Crippen molar-refractivity contribution in [2.75, 3.05) is 38.9 Å². The molecule has 0 aromatic carbocycles. The molecule has 18 heavy (non-hydrogen) atoms. The zero-order chi connectivity index (χ0) is 13.6. The first-order chi connectivity index (χ1) is 8.86. The molecule has 0 aromatic heterocycles. The van der Waals surface area contributed by atoms with Crippen LogP contribution in [-0.4, -0.2) is 51.3 Å². The number of alkyl halides is 1. The van der Waals surface area contributed by atoms with Gasteiger partial charge in [0.05, 0.1) is 19.8 Å². The predicted molar refractivity (Wildman–Crippen MR) is 73.1 cm³/mol. The summed E-state index contributed by atoms with van der Waals surface area (Å²) >= 11 is 5.38. The molecule has 2 unspecified atom stereocenters. The Balaban J connectivity index is 0.000000283. The van der Waals surface area contributed by atoms with E-state index in [0.29, 0.717) is 12.0 Å². The first kappa shape index (κ1) is 17.9. The number of hydrogen-bond donors (Lipinski definition) is 0. The van der Waals surface area contributed by atoms with Gasteiger partial charge in [0.25, 0.3) is 0 Å². The molecular weight excluding hydrogens is 256 g/mol. The Morgan fingerprint density at radius 3 is 2.33 bits per heavy atom. The van der Waals surface area contributed by atoms with Gasteiger partial charge in [0.2, 0.25) is 0 Å². The number of epoxide rings is 2. The van der Waals surface area contributed by atoms with Gasteiger partial charge in [-0.2, -0.15) is 0 Å². The van der Waals surface area contributed by atoms with E-state index < -0.39 is 0 Å². The minimum atomic E-state index is 0.0956. The summed E-state index contributed by atoms with van der Waals surface area (Å²) < 4.78 is 20.0. The van der Waals surface area contributed by atoms with E-state index in [2.05, 4.69) is 20.1 Å². The summed E-state index contributed by atoms with van der Waals surface area (Å²) in [6, 6.07) is 0. The lowest BCUT2D eigenvalue weighted by atomic mass is 10.5. The lowest BCUT2D eigenvalue weighted by Crippen LogP contribution is -2.01. The zero-order valence-electron chi connectivity index (χ0n) is 11.2. The van der Waals surface area contributed by atoms with Crippen LogP contribution >= 0.6 is 11.6 Å². The average molecular weight is 281 g/mol. The maximum atomic E-state index is 5.38. The van der Waals surface area contributed by atoms with Crippen molar-refractivity contribution in [2.24, 2.45) is 0 Å². The molecule has 4 nitrogen and oxygen atoms in total. The van der Waals surface area contributed by atoms with Crippen LogP contribution in [0.15, 0.2) is 13.2 Å². The second-order valence-electron chi connectivity index (χ2n) is 3.71. The number of rotatable bonds is 8. The van der Waals surface area contributed by atoms with E-state index in [1.165, 1.54) is 0 Å². The molecule has 2 aliphatic heterocycles. The van der Waals surface area contributed by atoms with E-state index in [1.807, 2.05) is 0 Å². The highest BCUT2D eigenvalue weighted by atomic mass is 35.5. The average Bonchev–Trinajstić information content (AvgIpc) is 3.28. The number of hydrogen-bond acceptors (Lipinski definition) is 4. The summed E-state index contributed by atoms with van der Waals surface area (Å²) in [7, 11) is 0. The van der Waals surface area contributed by atoms with E-state index in [9.17, 15) is 0 Å². The molecular formula is C13H25ClO4. The number of ether oxygens (including phenoxy) is 4. The second kappa shape index (κ2) is 13.3. The highest BCUT2D eigenvalue weighted by molar-refractivity contribution is 6.17. The SMILES string of the molecule is C=C.CCCOCC1CO1.ClCCCOC1CO1. The van der Waals surface area contributed by atoms with E-state index in [4.69, 9.17) is 30.5 Å². The standard InChI is InChI=1S/C6H12O2.C5H9ClO2.C2H4/c1-2-3-7-4-6-5-8-6;6-2-1-3-7-5-4-8-5;1-2/h6H,2-5H2,1H3;5H,1-4H2;1-2H2. The van der Waals surface area contributed by atoms with Crippen LogP contribution in [0, 0.1) is 0 Å². The summed E-state index contributed by atoms with van der Waals surface area (Å²) in [6.45, 7) is 12.2. The molecule has 2 saturated heterocycles. The van der Waals surface area contributed by atoms with Crippen LogP contribution in [0.4, 0.5) is 0 Å².